The van der Waals surface area contributed by atoms with Gasteiger partial charge in [-0.05, 0) is 0 Å². The second kappa shape index (κ2) is 12.9. The number of carbonyl (C=O) groups excluding carboxylic acids is 2. The van der Waals surface area contributed by atoms with Gasteiger partial charge in [0.05, 0.1) is 24.0 Å². The van der Waals surface area contributed by atoms with Crippen LogP contribution in [0.2, 0.25) is 0 Å². The van der Waals surface area contributed by atoms with Gasteiger partial charge in [0.1, 0.15) is 0 Å². The fourth-order valence-electron chi connectivity index (χ4n) is 0.149. The van der Waals surface area contributed by atoms with Crippen molar-refractivity contribution < 1.29 is 19.8 Å². The van der Waals surface area contributed by atoms with Crippen LogP contribution in [0.25, 0.3) is 0 Å². The molecule has 0 heterocycles. The average Bonchev–Trinajstić information content (AvgIpc) is 2.15. The van der Waals surface area contributed by atoms with Crippen molar-refractivity contribution >= 4 is 74.9 Å². The van der Waals surface area contributed by atoms with Crippen LogP contribution >= 0.6 is 25.3 Å². The van der Waals surface area contributed by atoms with Crippen LogP contribution in [0.4, 0.5) is 0 Å². The molecule has 0 saturated heterocycles. The average molecular weight is 280 g/mol. The first-order valence-corrected chi connectivity index (χ1v) is 4.77. The Morgan fingerprint density at radius 1 is 1.00 bits per heavy atom. The van der Waals surface area contributed by atoms with Gasteiger partial charge in [-0.3, -0.25) is 0 Å². The molecule has 84 valence electrons. The molecule has 0 aliphatic carbocycles. The summed E-state index contributed by atoms with van der Waals surface area (Å²) in [6.45, 7) is 0. The van der Waals surface area contributed by atoms with E-state index in [2.05, 4.69) is 25.3 Å². The maximum absolute atomic E-state index is 9.65. The standard InChI is InChI=1S/2C3H7NO2S.Ca/c2*4-2(1-7)3(5)6;/h2*2,7H,1,4H2,(H,5,6);/q;;+2/p-2/t2*2-;/m00./s1. The number of nitrogens with two attached hydrogens (primary N) is 2. The van der Waals surface area contributed by atoms with Crippen LogP contribution in [0, 0.1) is 0 Å². The molecule has 6 nitrogen and oxygen atoms in total. The summed E-state index contributed by atoms with van der Waals surface area (Å²) in [6, 6.07) is -1.85. The molecule has 0 amide bonds. The van der Waals surface area contributed by atoms with Crippen LogP contribution in [-0.2, 0) is 9.59 Å². The molecule has 0 rings (SSSR count). The molecule has 0 aliphatic heterocycles. The van der Waals surface area contributed by atoms with Gasteiger partial charge in [0.25, 0.3) is 0 Å². The summed E-state index contributed by atoms with van der Waals surface area (Å²) in [6.07, 6.45) is 0. The molecular weight excluding hydrogens is 268 g/mol. The van der Waals surface area contributed by atoms with Crippen molar-refractivity contribution in [1.29, 1.82) is 0 Å². The van der Waals surface area contributed by atoms with Gasteiger partial charge < -0.3 is 31.3 Å². The summed E-state index contributed by atoms with van der Waals surface area (Å²) in [5.41, 5.74) is 9.75. The summed E-state index contributed by atoms with van der Waals surface area (Å²) >= 11 is 7.22. The molecule has 0 bridgehead atoms. The molecule has 0 fully saturated rings. The van der Waals surface area contributed by atoms with E-state index in [0.717, 1.165) is 0 Å². The number of aliphatic carboxylic acids is 2. The van der Waals surface area contributed by atoms with Crippen molar-refractivity contribution in [2.24, 2.45) is 11.5 Å². The van der Waals surface area contributed by atoms with Crippen LogP contribution in [0.15, 0.2) is 0 Å². The number of thiol groups is 2. The number of carbonyl (C=O) groups is 2. The SMILES string of the molecule is N[C@@H](CS)C(=O)[O-].N[C@@H](CS)C(=O)[O-].[Ca+2]. The largest absolute Gasteiger partial charge is 2.00 e. The van der Waals surface area contributed by atoms with E-state index in [1.807, 2.05) is 0 Å². The van der Waals surface area contributed by atoms with Crippen LogP contribution in [0.1, 0.15) is 0 Å². The Hall–Kier alpha value is 0.820. The van der Waals surface area contributed by atoms with E-state index in [1.54, 1.807) is 0 Å². The minimum Gasteiger partial charge on any atom is -0.548 e. The van der Waals surface area contributed by atoms with Gasteiger partial charge in [0, 0.05) is 11.5 Å². The monoisotopic (exact) mass is 280 g/mol. The van der Waals surface area contributed by atoms with E-state index in [9.17, 15) is 19.8 Å². The van der Waals surface area contributed by atoms with E-state index in [1.165, 1.54) is 0 Å². The maximum Gasteiger partial charge on any atom is 2.00 e. The van der Waals surface area contributed by atoms with E-state index in [4.69, 9.17) is 11.5 Å². The molecule has 0 aromatic carbocycles. The van der Waals surface area contributed by atoms with Gasteiger partial charge in [-0.25, -0.2) is 0 Å². The molecule has 0 spiro atoms. The Balaban J connectivity index is -0.000000180. The smallest absolute Gasteiger partial charge is 0.548 e. The maximum atomic E-state index is 9.65. The summed E-state index contributed by atoms with van der Waals surface area (Å²) in [5.74, 6) is -2.25. The minimum atomic E-state index is -1.25. The van der Waals surface area contributed by atoms with Crippen molar-refractivity contribution in [3.05, 3.63) is 0 Å². The first kappa shape index (κ1) is 21.1. The van der Waals surface area contributed by atoms with Crippen molar-refractivity contribution in [3.8, 4) is 0 Å². The fourth-order valence-corrected chi connectivity index (χ4v) is 0.447. The Morgan fingerprint density at radius 2 is 1.20 bits per heavy atom. The van der Waals surface area contributed by atoms with Gasteiger partial charge >= 0.3 is 37.7 Å². The van der Waals surface area contributed by atoms with Crippen LogP contribution in [0.5, 0.6) is 0 Å². The van der Waals surface area contributed by atoms with Crippen LogP contribution in [0.3, 0.4) is 0 Å². The van der Waals surface area contributed by atoms with Crippen molar-refractivity contribution in [2.45, 2.75) is 12.1 Å². The molecule has 9 heteroatoms. The third-order valence-corrected chi connectivity index (χ3v) is 1.79. The molecule has 15 heavy (non-hydrogen) atoms. The summed E-state index contributed by atoms with van der Waals surface area (Å²) in [5, 5.41) is 19.3. The topological polar surface area (TPSA) is 132 Å². The number of hydrogen-bond donors (Lipinski definition) is 4. The van der Waals surface area contributed by atoms with Gasteiger partial charge in [0.15, 0.2) is 0 Å². The zero-order chi connectivity index (χ0) is 11.7. The molecular formula is C6H12CaN2O4S2. The van der Waals surface area contributed by atoms with Crippen LogP contribution in [-0.4, -0.2) is 73.3 Å². The third kappa shape index (κ3) is 14.8. The number of carboxylic acids is 2. The van der Waals surface area contributed by atoms with E-state index in [0.29, 0.717) is 0 Å². The molecule has 0 unspecified atom stereocenters. The fraction of sp³-hybridized carbons (Fsp3) is 0.667. The predicted molar refractivity (Wildman–Crippen MR) is 59.4 cm³/mol. The molecule has 0 aliphatic rings. The second-order valence-electron chi connectivity index (χ2n) is 2.22. The summed E-state index contributed by atoms with van der Waals surface area (Å²) in [4.78, 5) is 19.3. The Labute approximate surface area is 129 Å². The van der Waals surface area contributed by atoms with Crippen LogP contribution < -0.4 is 21.7 Å². The molecule has 2 atom stereocenters. The predicted octanol–water partition coefficient (Wildman–Crippen LogP) is -4.39. The summed E-state index contributed by atoms with van der Waals surface area (Å²) in [7, 11) is 0. The second-order valence-corrected chi connectivity index (χ2v) is 2.95. The molecule has 0 saturated carbocycles. The van der Waals surface area contributed by atoms with Crippen molar-refractivity contribution in [3.63, 3.8) is 0 Å². The molecule has 0 aromatic heterocycles. The number of hydrogen-bond acceptors (Lipinski definition) is 8. The summed E-state index contributed by atoms with van der Waals surface area (Å²) < 4.78 is 0. The van der Waals surface area contributed by atoms with Gasteiger partial charge in [-0.15, -0.1) is 0 Å². The van der Waals surface area contributed by atoms with Crippen molar-refractivity contribution in [2.75, 3.05) is 11.5 Å². The minimum absolute atomic E-state index is 0. The van der Waals surface area contributed by atoms with Gasteiger partial charge in [-0.2, -0.15) is 25.3 Å². The van der Waals surface area contributed by atoms with Crippen molar-refractivity contribution in [1.82, 2.24) is 0 Å². The first-order valence-electron chi connectivity index (χ1n) is 3.51. The molecule has 0 aromatic rings. The number of carboxylic acid groups (broad SMARTS) is 2. The Bertz CT molecular complexity index is 176. The third-order valence-electron chi connectivity index (χ3n) is 0.999. The van der Waals surface area contributed by atoms with E-state index >= 15 is 0 Å². The molecule has 4 N–H and O–H groups in total. The zero-order valence-electron chi connectivity index (χ0n) is 7.96. The Kier molecular flexibility index (Phi) is 18.2. The van der Waals surface area contributed by atoms with E-state index < -0.39 is 24.0 Å². The number of rotatable bonds is 4. The first-order chi connectivity index (χ1) is 6.36. The van der Waals surface area contributed by atoms with E-state index in [-0.39, 0.29) is 49.2 Å². The normalized spacial score (nSPS) is 12.5. The quantitative estimate of drug-likeness (QED) is 0.304. The van der Waals surface area contributed by atoms with Gasteiger partial charge in [0.2, 0.25) is 0 Å². The zero-order valence-corrected chi connectivity index (χ0v) is 12.0. The van der Waals surface area contributed by atoms with Gasteiger partial charge in [-0.1, -0.05) is 0 Å². The molecule has 0 radical (unpaired) electrons. The Morgan fingerprint density at radius 3 is 1.20 bits per heavy atom.